The Morgan fingerprint density at radius 2 is 1.88 bits per heavy atom. The first-order valence-corrected chi connectivity index (χ1v) is 13.7. The van der Waals surface area contributed by atoms with Crippen molar-refractivity contribution in [2.24, 2.45) is 0 Å². The summed E-state index contributed by atoms with van der Waals surface area (Å²) in [6.07, 6.45) is 1.49. The fourth-order valence-corrected chi connectivity index (χ4v) is 5.73. The second kappa shape index (κ2) is 11.9. The lowest BCUT2D eigenvalue weighted by molar-refractivity contribution is -0.157. The van der Waals surface area contributed by atoms with Gasteiger partial charge in [-0.25, -0.2) is 18.5 Å². The van der Waals surface area contributed by atoms with Crippen molar-refractivity contribution in [1.82, 2.24) is 24.1 Å². The van der Waals surface area contributed by atoms with Gasteiger partial charge in [0.15, 0.2) is 0 Å². The van der Waals surface area contributed by atoms with Gasteiger partial charge in [-0.1, -0.05) is 11.3 Å². The van der Waals surface area contributed by atoms with Crippen LogP contribution in [0, 0.1) is 12.7 Å². The summed E-state index contributed by atoms with van der Waals surface area (Å²) in [4.78, 5) is 42.9. The van der Waals surface area contributed by atoms with E-state index in [2.05, 4.69) is 10.2 Å². The molecule has 0 amide bonds. The predicted octanol–water partition coefficient (Wildman–Crippen LogP) is 2.70. The van der Waals surface area contributed by atoms with Crippen LogP contribution in [0.25, 0.3) is 15.2 Å². The van der Waals surface area contributed by atoms with Crippen LogP contribution in [0.4, 0.5) is 4.39 Å². The van der Waals surface area contributed by atoms with Gasteiger partial charge in [0.1, 0.15) is 33.0 Å². The molecule has 0 aliphatic rings. The second-order valence-electron chi connectivity index (χ2n) is 10.0. The van der Waals surface area contributed by atoms with Gasteiger partial charge < -0.3 is 19.3 Å². The highest BCUT2D eigenvalue weighted by Gasteiger charge is 2.38. The number of methoxy groups -OCH3 is 1. The Hall–Kier alpha value is -3.88. The van der Waals surface area contributed by atoms with Crippen LogP contribution in [-0.4, -0.2) is 61.6 Å². The van der Waals surface area contributed by atoms with Crippen molar-refractivity contribution in [2.75, 3.05) is 20.3 Å². The molecule has 1 N–H and O–H groups in total. The summed E-state index contributed by atoms with van der Waals surface area (Å²) < 4.78 is 33.3. The summed E-state index contributed by atoms with van der Waals surface area (Å²) in [5.41, 5.74) is -2.39. The van der Waals surface area contributed by atoms with Gasteiger partial charge in [0.2, 0.25) is 0 Å². The van der Waals surface area contributed by atoms with Gasteiger partial charge in [0.05, 0.1) is 50.8 Å². The number of esters is 1. The van der Waals surface area contributed by atoms with Crippen molar-refractivity contribution in [2.45, 2.75) is 58.9 Å². The number of aliphatic hydroxyl groups is 1. The average molecular weight is 590 g/mol. The van der Waals surface area contributed by atoms with Crippen LogP contribution < -0.4 is 16.0 Å². The Labute approximate surface area is 238 Å². The molecule has 3 heterocycles. The summed E-state index contributed by atoms with van der Waals surface area (Å²) in [5, 5.41) is 18.5. The van der Waals surface area contributed by atoms with Crippen molar-refractivity contribution in [1.29, 1.82) is 0 Å². The number of aromatic nitrogens is 5. The number of hydrogen-bond donors (Lipinski definition) is 1. The van der Waals surface area contributed by atoms with Gasteiger partial charge >= 0.3 is 11.7 Å². The molecule has 0 spiro atoms. The number of halogens is 1. The van der Waals surface area contributed by atoms with E-state index in [1.54, 1.807) is 20.8 Å². The maximum atomic E-state index is 14.4. The zero-order valence-electron chi connectivity index (χ0n) is 23.6. The zero-order chi connectivity index (χ0) is 30.1. The van der Waals surface area contributed by atoms with E-state index in [1.165, 1.54) is 60.9 Å². The molecule has 0 aliphatic heterocycles. The number of rotatable bonds is 11. The molecule has 0 radical (unpaired) electrons. The van der Waals surface area contributed by atoms with E-state index in [9.17, 15) is 23.9 Å². The lowest BCUT2D eigenvalue weighted by Gasteiger charge is -2.28. The molecule has 0 saturated carbocycles. The number of benzene rings is 1. The summed E-state index contributed by atoms with van der Waals surface area (Å²) in [6.45, 7) is 7.23. The molecule has 12 nitrogen and oxygen atoms in total. The fraction of sp³-hybridized carbons (Fsp3) is 0.444. The van der Waals surface area contributed by atoms with Crippen LogP contribution in [-0.2, 0) is 26.4 Å². The highest BCUT2D eigenvalue weighted by molar-refractivity contribution is 7.21. The van der Waals surface area contributed by atoms with E-state index in [4.69, 9.17) is 14.2 Å². The highest BCUT2D eigenvalue weighted by Crippen LogP contribution is 2.34. The van der Waals surface area contributed by atoms with Crippen molar-refractivity contribution >= 4 is 27.5 Å². The average Bonchev–Trinajstić information content (AvgIpc) is 3.56. The number of nitrogens with zero attached hydrogens (tertiary/aromatic N) is 5. The Bertz CT molecular complexity index is 1670. The zero-order valence-corrected chi connectivity index (χ0v) is 24.4. The highest BCUT2D eigenvalue weighted by atomic mass is 32.1. The SMILES string of the molecule is COc1ccc(F)cc1[C@H](Cn1c(=O)n(C(C)(C)C(=O)OC(C)C)c(=O)c2c(C)c(-n3nccn3)sc21)OCCO. The molecule has 0 bridgehead atoms. The van der Waals surface area contributed by atoms with E-state index in [0.717, 1.165) is 15.9 Å². The number of hydrogen-bond acceptors (Lipinski definition) is 10. The van der Waals surface area contributed by atoms with Crippen LogP contribution in [0.1, 0.15) is 44.9 Å². The van der Waals surface area contributed by atoms with Crippen molar-refractivity contribution in [3.63, 3.8) is 0 Å². The third kappa shape index (κ3) is 5.67. The molecule has 0 saturated heterocycles. The van der Waals surface area contributed by atoms with Crippen molar-refractivity contribution in [3.05, 3.63) is 68.4 Å². The number of fused-ring (bicyclic) bond motifs is 1. The molecule has 41 heavy (non-hydrogen) atoms. The van der Waals surface area contributed by atoms with Crippen LogP contribution in [0.15, 0.2) is 40.2 Å². The molecule has 4 aromatic rings. The second-order valence-corrected chi connectivity index (χ2v) is 11.0. The minimum Gasteiger partial charge on any atom is -0.496 e. The molecule has 0 fully saturated rings. The number of aliphatic hydroxyl groups excluding tert-OH is 1. The maximum absolute atomic E-state index is 14.4. The Kier molecular flexibility index (Phi) is 8.75. The third-order valence-corrected chi connectivity index (χ3v) is 7.77. The molecular weight excluding hydrogens is 557 g/mol. The molecule has 3 aromatic heterocycles. The van der Waals surface area contributed by atoms with Gasteiger partial charge in [0.25, 0.3) is 5.56 Å². The Morgan fingerprint density at radius 1 is 1.20 bits per heavy atom. The minimum atomic E-state index is -1.69. The number of carbonyl (C=O) groups excluding carboxylic acids is 1. The summed E-state index contributed by atoms with van der Waals surface area (Å²) in [5.74, 6) is -1.02. The minimum absolute atomic E-state index is 0.125. The molecule has 4 rings (SSSR count). The van der Waals surface area contributed by atoms with Gasteiger partial charge in [-0.15, -0.1) is 4.80 Å². The smallest absolute Gasteiger partial charge is 0.333 e. The third-order valence-electron chi connectivity index (χ3n) is 6.49. The van der Waals surface area contributed by atoms with E-state index in [-0.39, 0.29) is 30.0 Å². The van der Waals surface area contributed by atoms with Gasteiger partial charge in [-0.2, -0.15) is 10.2 Å². The topological polar surface area (TPSA) is 140 Å². The Morgan fingerprint density at radius 3 is 2.49 bits per heavy atom. The quantitative estimate of drug-likeness (QED) is 0.262. The summed E-state index contributed by atoms with van der Waals surface area (Å²) in [7, 11) is 1.42. The number of aryl methyl sites for hydroxylation is 1. The van der Waals surface area contributed by atoms with Crippen molar-refractivity contribution < 1.29 is 28.5 Å². The van der Waals surface area contributed by atoms with E-state index < -0.39 is 40.8 Å². The summed E-state index contributed by atoms with van der Waals surface area (Å²) in [6, 6.07) is 3.88. The molecule has 1 atom stereocenters. The van der Waals surface area contributed by atoms with Crippen LogP contribution >= 0.6 is 11.3 Å². The van der Waals surface area contributed by atoms with E-state index in [1.807, 2.05) is 0 Å². The van der Waals surface area contributed by atoms with Crippen LogP contribution in [0.3, 0.4) is 0 Å². The van der Waals surface area contributed by atoms with E-state index >= 15 is 0 Å². The number of ether oxygens (including phenoxy) is 3. The molecule has 0 aliphatic carbocycles. The predicted molar refractivity (Wildman–Crippen MR) is 149 cm³/mol. The fourth-order valence-electron chi connectivity index (χ4n) is 4.51. The molecular formula is C27H32FN5O7S. The Balaban J connectivity index is 2.03. The normalized spacial score (nSPS) is 12.7. The molecule has 14 heteroatoms. The van der Waals surface area contributed by atoms with Crippen LogP contribution in [0.5, 0.6) is 5.75 Å². The lowest BCUT2D eigenvalue weighted by atomic mass is 10.0. The molecule has 1 aromatic carbocycles. The lowest BCUT2D eigenvalue weighted by Crippen LogP contribution is -2.53. The standard InChI is InChI=1S/C27H32FN5O7S/c1-15(2)40-25(36)27(4,5)32-22(35)21-16(3)23(33-29-9-10-30-33)41-24(21)31(26(32)37)14-20(39-12-11-34)18-13-17(28)7-8-19(18)38-6/h7-10,13,15,20,34H,11-12,14H2,1-6H3/t20-/m0/s1. The first-order valence-electron chi connectivity index (χ1n) is 12.8. The molecule has 0 unspecified atom stereocenters. The first kappa shape index (κ1) is 30.1. The van der Waals surface area contributed by atoms with Crippen LogP contribution in [0.2, 0.25) is 0 Å². The van der Waals surface area contributed by atoms with Crippen molar-refractivity contribution in [3.8, 4) is 10.8 Å². The number of carbonyl (C=O) groups is 1. The van der Waals surface area contributed by atoms with E-state index in [0.29, 0.717) is 21.9 Å². The first-order chi connectivity index (χ1) is 19.4. The number of thiophene rings is 1. The monoisotopic (exact) mass is 589 g/mol. The molecule has 220 valence electrons. The van der Waals surface area contributed by atoms with Gasteiger partial charge in [0, 0.05) is 11.1 Å². The van der Waals surface area contributed by atoms with Gasteiger partial charge in [-0.3, -0.25) is 9.36 Å². The maximum Gasteiger partial charge on any atom is 0.333 e. The largest absolute Gasteiger partial charge is 0.496 e. The summed E-state index contributed by atoms with van der Waals surface area (Å²) >= 11 is 1.11. The van der Waals surface area contributed by atoms with Gasteiger partial charge in [-0.05, 0) is 52.8 Å².